The predicted octanol–water partition coefficient (Wildman–Crippen LogP) is 1.89. The van der Waals surface area contributed by atoms with Gasteiger partial charge in [0, 0.05) is 0 Å². The van der Waals surface area contributed by atoms with Crippen LogP contribution in [-0.2, 0) is 9.05 Å². The highest BCUT2D eigenvalue weighted by Crippen LogP contribution is 2.37. The molecule has 0 saturated carbocycles. The molecule has 0 rings (SSSR count). The molecule has 0 aliphatic rings. The van der Waals surface area contributed by atoms with Crippen molar-refractivity contribution >= 4 is 8.38 Å². The molecule has 0 atom stereocenters. The monoisotopic (exact) mass is 179 g/mol. The van der Waals surface area contributed by atoms with Gasteiger partial charge in [0.2, 0.25) is 0 Å². The Morgan fingerprint density at radius 2 is 1.55 bits per heavy atom. The van der Waals surface area contributed by atoms with Crippen molar-refractivity contribution in [3.05, 3.63) is 0 Å². The van der Waals surface area contributed by atoms with Gasteiger partial charge in [0.1, 0.15) is 0 Å². The number of hydrogen-bond donors (Lipinski definition) is 0. The molecule has 0 radical (unpaired) electrons. The maximum atomic E-state index is 5.39. The van der Waals surface area contributed by atoms with Crippen LogP contribution in [0.15, 0.2) is 0 Å². The Labute approximate surface area is 70.6 Å². The molecule has 0 spiro atoms. The van der Waals surface area contributed by atoms with Crippen molar-refractivity contribution in [2.45, 2.75) is 13.8 Å². The van der Waals surface area contributed by atoms with Crippen molar-refractivity contribution in [1.82, 2.24) is 4.90 Å². The molecule has 3 nitrogen and oxygen atoms in total. The first-order valence-electron chi connectivity index (χ1n) is 3.88. The summed E-state index contributed by atoms with van der Waals surface area (Å²) in [6, 6.07) is 0. The van der Waals surface area contributed by atoms with Crippen molar-refractivity contribution in [3.8, 4) is 0 Å². The molecule has 0 aliphatic carbocycles. The van der Waals surface area contributed by atoms with E-state index in [9.17, 15) is 0 Å². The summed E-state index contributed by atoms with van der Waals surface area (Å²) in [4.78, 5) is 2.08. The van der Waals surface area contributed by atoms with Crippen LogP contribution >= 0.6 is 8.38 Å². The summed E-state index contributed by atoms with van der Waals surface area (Å²) in [5, 5.41) is 0. The largest absolute Gasteiger partial charge is 0.333 e. The van der Waals surface area contributed by atoms with E-state index in [0.717, 1.165) is 19.5 Å². The summed E-state index contributed by atoms with van der Waals surface area (Å²) in [5.74, 6) is 0. The Balaban J connectivity index is 3.50. The molecule has 11 heavy (non-hydrogen) atoms. The molecule has 0 heterocycles. The molecule has 0 aromatic carbocycles. The van der Waals surface area contributed by atoms with Gasteiger partial charge in [0.15, 0.2) is 8.38 Å². The molecular weight excluding hydrogens is 161 g/mol. The number of nitrogens with zero attached hydrogens (tertiary/aromatic N) is 1. The first kappa shape index (κ1) is 11.3. The van der Waals surface area contributed by atoms with Gasteiger partial charge >= 0.3 is 0 Å². The Morgan fingerprint density at radius 3 is 1.82 bits per heavy atom. The third kappa shape index (κ3) is 6.70. The van der Waals surface area contributed by atoms with Crippen LogP contribution in [-0.4, -0.2) is 38.5 Å². The minimum atomic E-state index is -0.674. The molecule has 0 saturated heterocycles. The maximum absolute atomic E-state index is 5.39. The van der Waals surface area contributed by atoms with Gasteiger partial charge in [0.25, 0.3) is 0 Å². The third-order valence-electron chi connectivity index (χ3n) is 0.944. The minimum absolute atomic E-state index is 0.674. The second kappa shape index (κ2) is 6.99. The Morgan fingerprint density at radius 1 is 1.09 bits per heavy atom. The van der Waals surface area contributed by atoms with Gasteiger partial charge in [-0.3, -0.25) is 0 Å². The van der Waals surface area contributed by atoms with Gasteiger partial charge in [-0.15, -0.1) is 0 Å². The maximum Gasteiger partial charge on any atom is 0.185 e. The van der Waals surface area contributed by atoms with E-state index in [4.69, 9.17) is 9.05 Å². The first-order chi connectivity index (χ1) is 5.20. The smallest absolute Gasteiger partial charge is 0.185 e. The van der Waals surface area contributed by atoms with Gasteiger partial charge < -0.3 is 13.9 Å². The quantitative estimate of drug-likeness (QED) is 0.581. The average Bonchev–Trinajstić information content (AvgIpc) is 1.87. The van der Waals surface area contributed by atoms with E-state index in [1.54, 1.807) is 0 Å². The molecule has 4 heteroatoms. The molecule has 0 bridgehead atoms. The van der Waals surface area contributed by atoms with Crippen molar-refractivity contribution in [3.63, 3.8) is 0 Å². The second-order valence-corrected chi connectivity index (χ2v) is 3.85. The highest BCUT2D eigenvalue weighted by Gasteiger charge is 2.08. The second-order valence-electron chi connectivity index (χ2n) is 2.39. The fraction of sp³-hybridized carbons (Fsp3) is 1.00. The van der Waals surface area contributed by atoms with E-state index < -0.39 is 8.38 Å². The van der Waals surface area contributed by atoms with Gasteiger partial charge in [0.05, 0.1) is 19.5 Å². The van der Waals surface area contributed by atoms with Crippen LogP contribution in [0.25, 0.3) is 0 Å². The topological polar surface area (TPSA) is 21.7 Å². The van der Waals surface area contributed by atoms with Crippen LogP contribution in [0.1, 0.15) is 13.8 Å². The Hall–Kier alpha value is 0.310. The summed E-state index contributed by atoms with van der Waals surface area (Å²) in [7, 11) is 3.37. The number of hydrogen-bond acceptors (Lipinski definition) is 3. The fourth-order valence-electron chi connectivity index (χ4n) is 0.638. The van der Waals surface area contributed by atoms with Gasteiger partial charge in [-0.25, -0.2) is 0 Å². The van der Waals surface area contributed by atoms with E-state index in [2.05, 4.69) is 4.90 Å². The van der Waals surface area contributed by atoms with Crippen LogP contribution in [0.4, 0.5) is 0 Å². The SMILES string of the molecule is CCOP(CN(C)C)OCC. The third-order valence-corrected chi connectivity index (χ3v) is 2.83. The predicted molar refractivity (Wildman–Crippen MR) is 48.7 cm³/mol. The Bertz CT molecular complexity index is 84.5. The van der Waals surface area contributed by atoms with E-state index in [0.29, 0.717) is 0 Å². The lowest BCUT2D eigenvalue weighted by Crippen LogP contribution is -2.13. The zero-order valence-electron chi connectivity index (χ0n) is 7.83. The normalized spacial score (nSPS) is 11.5. The molecule has 0 unspecified atom stereocenters. The lowest BCUT2D eigenvalue weighted by molar-refractivity contribution is 0.257. The van der Waals surface area contributed by atoms with Crippen molar-refractivity contribution in [2.75, 3.05) is 33.6 Å². The highest BCUT2D eigenvalue weighted by atomic mass is 31.2. The fourth-order valence-corrected chi connectivity index (χ4v) is 1.91. The molecule has 0 aliphatic heterocycles. The van der Waals surface area contributed by atoms with Crippen LogP contribution in [0.5, 0.6) is 0 Å². The van der Waals surface area contributed by atoms with E-state index >= 15 is 0 Å². The zero-order chi connectivity index (χ0) is 8.69. The summed E-state index contributed by atoms with van der Waals surface area (Å²) in [6.07, 6.45) is 0.886. The standard InChI is InChI=1S/C7H18NO2P/c1-5-9-11(10-6-2)7-8(3)4/h5-7H2,1-4H3. The van der Waals surface area contributed by atoms with Crippen LogP contribution in [0.3, 0.4) is 0 Å². The summed E-state index contributed by atoms with van der Waals surface area (Å²) in [6.45, 7) is 5.45. The van der Waals surface area contributed by atoms with Crippen molar-refractivity contribution in [1.29, 1.82) is 0 Å². The summed E-state index contributed by atoms with van der Waals surface area (Å²) in [5.41, 5.74) is 0. The first-order valence-corrected chi connectivity index (χ1v) is 5.25. The molecule has 0 aromatic rings. The highest BCUT2D eigenvalue weighted by molar-refractivity contribution is 7.47. The lowest BCUT2D eigenvalue weighted by Gasteiger charge is -2.19. The van der Waals surface area contributed by atoms with Gasteiger partial charge in [-0.1, -0.05) is 0 Å². The molecule has 68 valence electrons. The van der Waals surface area contributed by atoms with Crippen LogP contribution in [0, 0.1) is 0 Å². The van der Waals surface area contributed by atoms with E-state index in [-0.39, 0.29) is 0 Å². The van der Waals surface area contributed by atoms with Crippen molar-refractivity contribution in [2.24, 2.45) is 0 Å². The summed E-state index contributed by atoms with van der Waals surface area (Å²) >= 11 is 0. The molecular formula is C7H18NO2P. The van der Waals surface area contributed by atoms with E-state index in [1.165, 1.54) is 0 Å². The van der Waals surface area contributed by atoms with Crippen LogP contribution < -0.4 is 0 Å². The Kier molecular flexibility index (Phi) is 7.18. The molecule has 0 amide bonds. The van der Waals surface area contributed by atoms with Gasteiger partial charge in [-0.05, 0) is 27.9 Å². The van der Waals surface area contributed by atoms with Crippen LogP contribution in [0.2, 0.25) is 0 Å². The summed E-state index contributed by atoms with van der Waals surface area (Å²) < 4.78 is 10.8. The van der Waals surface area contributed by atoms with Crippen molar-refractivity contribution < 1.29 is 9.05 Å². The van der Waals surface area contributed by atoms with Gasteiger partial charge in [-0.2, -0.15) is 0 Å². The average molecular weight is 179 g/mol. The molecule has 0 fully saturated rings. The molecule has 0 aromatic heterocycles. The van der Waals surface area contributed by atoms with E-state index in [1.807, 2.05) is 27.9 Å². The zero-order valence-corrected chi connectivity index (χ0v) is 8.73. The minimum Gasteiger partial charge on any atom is -0.333 e. The lowest BCUT2D eigenvalue weighted by atomic mass is 10.9. The number of rotatable bonds is 6. The molecule has 0 N–H and O–H groups in total.